The van der Waals surface area contributed by atoms with Gasteiger partial charge >= 0.3 is 6.03 Å². The number of aromatic nitrogens is 2. The van der Waals surface area contributed by atoms with Crippen LogP contribution in [0.15, 0.2) is 4.52 Å². The number of likely N-dealkylation sites (tertiary alicyclic amines) is 1. The second-order valence-electron chi connectivity index (χ2n) is 6.62. The molecule has 1 aromatic rings. The summed E-state index contributed by atoms with van der Waals surface area (Å²) in [5.41, 5.74) is 0. The van der Waals surface area contributed by atoms with Crippen LogP contribution in [-0.2, 0) is 11.3 Å². The maximum absolute atomic E-state index is 12.4. The number of piperidine rings is 1. The molecule has 0 spiro atoms. The van der Waals surface area contributed by atoms with E-state index in [-0.39, 0.29) is 24.3 Å². The Morgan fingerprint density at radius 3 is 2.85 bits per heavy atom. The summed E-state index contributed by atoms with van der Waals surface area (Å²) < 4.78 is 10.4. The second-order valence-corrected chi connectivity index (χ2v) is 6.62. The van der Waals surface area contributed by atoms with E-state index >= 15 is 0 Å². The number of carbonyl (C=O) groups is 2. The van der Waals surface area contributed by atoms with Crippen LogP contribution in [0.3, 0.4) is 0 Å². The summed E-state index contributed by atoms with van der Waals surface area (Å²) in [6.07, 6.45) is 2.14. The van der Waals surface area contributed by atoms with Crippen LogP contribution in [0.1, 0.15) is 29.4 Å². The van der Waals surface area contributed by atoms with Crippen LogP contribution < -0.4 is 10.6 Å². The molecule has 2 fully saturated rings. The molecule has 3 rings (SSSR count). The van der Waals surface area contributed by atoms with Crippen LogP contribution in [0, 0.1) is 5.92 Å². The van der Waals surface area contributed by atoms with Gasteiger partial charge in [0, 0.05) is 39.8 Å². The molecule has 10 nitrogen and oxygen atoms in total. The van der Waals surface area contributed by atoms with Crippen molar-refractivity contribution in [3.8, 4) is 0 Å². The molecule has 0 aliphatic carbocycles. The number of amides is 3. The van der Waals surface area contributed by atoms with Crippen LogP contribution >= 0.6 is 0 Å². The van der Waals surface area contributed by atoms with Gasteiger partial charge in [-0.1, -0.05) is 5.16 Å². The molecule has 3 heterocycles. The Hall–Kier alpha value is -2.20. The van der Waals surface area contributed by atoms with Crippen LogP contribution in [0.25, 0.3) is 0 Å². The number of morpholine rings is 1. The quantitative estimate of drug-likeness (QED) is 0.734. The molecule has 1 aromatic heterocycles. The highest BCUT2D eigenvalue weighted by molar-refractivity contribution is 5.89. The van der Waals surface area contributed by atoms with Gasteiger partial charge in [-0.2, -0.15) is 4.98 Å². The van der Waals surface area contributed by atoms with Crippen molar-refractivity contribution in [2.75, 3.05) is 53.0 Å². The van der Waals surface area contributed by atoms with Gasteiger partial charge in [-0.05, 0) is 18.8 Å². The van der Waals surface area contributed by atoms with E-state index in [1.165, 1.54) is 7.05 Å². The number of rotatable bonds is 5. The van der Waals surface area contributed by atoms with Gasteiger partial charge in [0.15, 0.2) is 0 Å². The SMILES string of the molecule is CNC(=O)c1noc(CNC(=O)N2CCC[C@@H](CN3CCOCC3)C2)n1. The number of urea groups is 1. The Morgan fingerprint density at radius 1 is 1.27 bits per heavy atom. The molecule has 3 amide bonds. The van der Waals surface area contributed by atoms with Crippen molar-refractivity contribution in [2.24, 2.45) is 5.92 Å². The Labute approximate surface area is 152 Å². The van der Waals surface area contributed by atoms with Gasteiger partial charge in [-0.15, -0.1) is 0 Å². The largest absolute Gasteiger partial charge is 0.379 e. The Balaban J connectivity index is 1.44. The smallest absolute Gasteiger partial charge is 0.317 e. The van der Waals surface area contributed by atoms with Crippen molar-refractivity contribution in [3.63, 3.8) is 0 Å². The van der Waals surface area contributed by atoms with Crippen LogP contribution in [-0.4, -0.2) is 84.9 Å². The predicted octanol–water partition coefficient (Wildman–Crippen LogP) is -0.317. The topological polar surface area (TPSA) is 113 Å². The third kappa shape index (κ3) is 4.92. The molecule has 2 saturated heterocycles. The maximum atomic E-state index is 12.4. The first kappa shape index (κ1) is 18.6. The maximum Gasteiger partial charge on any atom is 0.317 e. The van der Waals surface area contributed by atoms with Gasteiger partial charge < -0.3 is 24.8 Å². The van der Waals surface area contributed by atoms with E-state index in [1.54, 1.807) is 0 Å². The first-order chi connectivity index (χ1) is 12.7. The first-order valence-electron chi connectivity index (χ1n) is 9.03. The minimum Gasteiger partial charge on any atom is -0.379 e. The summed E-state index contributed by atoms with van der Waals surface area (Å²) in [5, 5.41) is 8.78. The molecule has 0 radical (unpaired) electrons. The normalized spacial score (nSPS) is 21.4. The molecule has 26 heavy (non-hydrogen) atoms. The number of ether oxygens (including phenoxy) is 1. The van der Waals surface area contributed by atoms with Crippen molar-refractivity contribution in [3.05, 3.63) is 11.7 Å². The van der Waals surface area contributed by atoms with Crippen molar-refractivity contribution in [1.82, 2.24) is 30.6 Å². The molecule has 0 aromatic carbocycles. The number of carbonyl (C=O) groups excluding carboxylic acids is 2. The monoisotopic (exact) mass is 366 g/mol. The van der Waals surface area contributed by atoms with E-state index in [0.717, 1.165) is 58.8 Å². The summed E-state index contributed by atoms with van der Waals surface area (Å²) >= 11 is 0. The lowest BCUT2D eigenvalue weighted by Gasteiger charge is -2.36. The van der Waals surface area contributed by atoms with Gasteiger partial charge in [-0.25, -0.2) is 4.79 Å². The summed E-state index contributed by atoms with van der Waals surface area (Å²) in [6, 6.07) is -0.142. The van der Waals surface area contributed by atoms with E-state index in [0.29, 0.717) is 5.92 Å². The highest BCUT2D eigenvalue weighted by Gasteiger charge is 2.26. The van der Waals surface area contributed by atoms with Crippen molar-refractivity contribution >= 4 is 11.9 Å². The molecular weight excluding hydrogens is 340 g/mol. The predicted molar refractivity (Wildman–Crippen MR) is 91.5 cm³/mol. The second kappa shape index (κ2) is 8.95. The number of nitrogens with one attached hydrogen (secondary N) is 2. The first-order valence-corrected chi connectivity index (χ1v) is 9.03. The molecule has 10 heteroatoms. The molecule has 1 atom stereocenters. The minimum atomic E-state index is -0.423. The van der Waals surface area contributed by atoms with Crippen molar-refractivity contribution in [2.45, 2.75) is 19.4 Å². The lowest BCUT2D eigenvalue weighted by molar-refractivity contribution is 0.0249. The summed E-state index contributed by atoms with van der Waals surface area (Å²) in [5.74, 6) is 0.225. The number of hydrogen-bond acceptors (Lipinski definition) is 7. The average molecular weight is 366 g/mol. The molecule has 0 unspecified atom stereocenters. The van der Waals surface area contributed by atoms with Crippen LogP contribution in [0.5, 0.6) is 0 Å². The van der Waals surface area contributed by atoms with Gasteiger partial charge in [0.2, 0.25) is 5.89 Å². The van der Waals surface area contributed by atoms with Gasteiger partial charge in [0.05, 0.1) is 19.8 Å². The highest BCUT2D eigenvalue weighted by atomic mass is 16.5. The molecule has 2 N–H and O–H groups in total. The Bertz CT molecular complexity index is 616. The zero-order chi connectivity index (χ0) is 18.4. The van der Waals surface area contributed by atoms with Crippen LogP contribution in [0.4, 0.5) is 4.79 Å². The van der Waals surface area contributed by atoms with E-state index in [1.807, 2.05) is 4.90 Å². The van der Waals surface area contributed by atoms with Gasteiger partial charge in [-0.3, -0.25) is 9.69 Å². The molecule has 0 saturated carbocycles. The zero-order valence-corrected chi connectivity index (χ0v) is 15.1. The van der Waals surface area contributed by atoms with Gasteiger partial charge in [0.25, 0.3) is 11.7 Å². The number of nitrogens with zero attached hydrogens (tertiary/aromatic N) is 4. The van der Waals surface area contributed by atoms with Gasteiger partial charge in [0.1, 0.15) is 0 Å². The van der Waals surface area contributed by atoms with Crippen molar-refractivity contribution in [1.29, 1.82) is 0 Å². The Morgan fingerprint density at radius 2 is 2.08 bits per heavy atom. The molecule has 2 aliphatic rings. The highest BCUT2D eigenvalue weighted by Crippen LogP contribution is 2.18. The molecular formula is C16H26N6O4. The fraction of sp³-hybridized carbons (Fsp3) is 0.750. The summed E-state index contributed by atoms with van der Waals surface area (Å²) in [4.78, 5) is 32.0. The fourth-order valence-electron chi connectivity index (χ4n) is 3.34. The van der Waals surface area contributed by atoms with E-state index < -0.39 is 5.91 Å². The lowest BCUT2D eigenvalue weighted by atomic mass is 9.97. The average Bonchev–Trinajstić information content (AvgIpc) is 3.15. The zero-order valence-electron chi connectivity index (χ0n) is 15.1. The summed E-state index contributed by atoms with van der Waals surface area (Å²) in [6.45, 7) is 6.12. The van der Waals surface area contributed by atoms with E-state index in [9.17, 15) is 9.59 Å². The summed E-state index contributed by atoms with van der Waals surface area (Å²) in [7, 11) is 1.49. The molecule has 2 aliphatic heterocycles. The number of hydrogen-bond donors (Lipinski definition) is 2. The third-order valence-corrected chi connectivity index (χ3v) is 4.72. The fourth-order valence-corrected chi connectivity index (χ4v) is 3.34. The minimum absolute atomic E-state index is 0.0414. The standard InChI is InChI=1S/C16H26N6O4/c1-17-15(23)14-19-13(26-20-14)9-18-16(24)22-4-2-3-12(11-22)10-21-5-7-25-8-6-21/h12H,2-11H2,1H3,(H,17,23)(H,18,24)/t12-/m0/s1. The third-order valence-electron chi connectivity index (χ3n) is 4.72. The Kier molecular flexibility index (Phi) is 6.40. The molecule has 0 bridgehead atoms. The van der Waals surface area contributed by atoms with Crippen molar-refractivity contribution < 1.29 is 18.8 Å². The van der Waals surface area contributed by atoms with Crippen LogP contribution in [0.2, 0.25) is 0 Å². The lowest BCUT2D eigenvalue weighted by Crippen LogP contribution is -2.48. The van der Waals surface area contributed by atoms with E-state index in [4.69, 9.17) is 9.26 Å². The molecule has 144 valence electrons. The van der Waals surface area contributed by atoms with E-state index in [2.05, 4.69) is 25.7 Å².